The van der Waals surface area contributed by atoms with Crippen molar-refractivity contribution in [3.63, 3.8) is 0 Å². The molecule has 2 amide bonds. The molecule has 0 unspecified atom stereocenters. The average Bonchev–Trinajstić information content (AvgIpc) is 3.08. The van der Waals surface area contributed by atoms with Gasteiger partial charge in [-0.25, -0.2) is 4.79 Å². The van der Waals surface area contributed by atoms with Crippen molar-refractivity contribution in [1.82, 2.24) is 9.80 Å². The SMILES string of the molecule is Cc1ccc(NC(=O)N(CCCN2CCOCC2)Cc2ccc(C)o2)cc1. The molecule has 0 aliphatic carbocycles. The molecule has 1 aliphatic heterocycles. The van der Waals surface area contributed by atoms with E-state index in [0.29, 0.717) is 13.1 Å². The number of aryl methyl sites for hydroxylation is 2. The normalized spacial score (nSPS) is 14.9. The van der Waals surface area contributed by atoms with Crippen LogP contribution in [0.2, 0.25) is 0 Å². The highest BCUT2D eigenvalue weighted by Gasteiger charge is 2.17. The topological polar surface area (TPSA) is 58.0 Å². The lowest BCUT2D eigenvalue weighted by Gasteiger charge is -2.28. The number of carbonyl (C=O) groups is 1. The van der Waals surface area contributed by atoms with E-state index in [4.69, 9.17) is 9.15 Å². The lowest BCUT2D eigenvalue weighted by molar-refractivity contribution is 0.0364. The van der Waals surface area contributed by atoms with Gasteiger partial charge in [-0.15, -0.1) is 0 Å². The highest BCUT2D eigenvalue weighted by molar-refractivity contribution is 5.89. The van der Waals surface area contributed by atoms with E-state index in [1.807, 2.05) is 55.1 Å². The van der Waals surface area contributed by atoms with Crippen molar-refractivity contribution >= 4 is 11.7 Å². The van der Waals surface area contributed by atoms with Gasteiger partial charge in [0, 0.05) is 31.9 Å². The monoisotopic (exact) mass is 371 g/mol. The van der Waals surface area contributed by atoms with Crippen LogP contribution in [0.3, 0.4) is 0 Å². The van der Waals surface area contributed by atoms with Crippen LogP contribution in [0.1, 0.15) is 23.5 Å². The number of rotatable bonds is 7. The zero-order valence-corrected chi connectivity index (χ0v) is 16.2. The van der Waals surface area contributed by atoms with E-state index < -0.39 is 0 Å². The Morgan fingerprint density at radius 1 is 1.11 bits per heavy atom. The second-order valence-electron chi connectivity index (χ2n) is 7.04. The van der Waals surface area contributed by atoms with Crippen LogP contribution in [0.4, 0.5) is 10.5 Å². The number of urea groups is 1. The first-order valence-corrected chi connectivity index (χ1v) is 9.58. The molecule has 1 saturated heterocycles. The van der Waals surface area contributed by atoms with Gasteiger partial charge < -0.3 is 19.4 Å². The molecule has 0 bridgehead atoms. The molecule has 1 fully saturated rings. The van der Waals surface area contributed by atoms with Crippen molar-refractivity contribution in [2.45, 2.75) is 26.8 Å². The van der Waals surface area contributed by atoms with E-state index >= 15 is 0 Å². The van der Waals surface area contributed by atoms with E-state index in [-0.39, 0.29) is 6.03 Å². The summed E-state index contributed by atoms with van der Waals surface area (Å²) in [5.41, 5.74) is 1.97. The third-order valence-electron chi connectivity index (χ3n) is 4.74. The summed E-state index contributed by atoms with van der Waals surface area (Å²) < 4.78 is 11.1. The standard InChI is InChI=1S/C21H29N3O3/c1-17-4-7-19(8-5-17)22-21(25)24(16-20-9-6-18(2)27-20)11-3-10-23-12-14-26-15-13-23/h4-9H,3,10-16H2,1-2H3,(H,22,25). The first kappa shape index (κ1) is 19.5. The molecule has 0 saturated carbocycles. The third kappa shape index (κ3) is 6.12. The van der Waals surface area contributed by atoms with Crippen molar-refractivity contribution in [3.8, 4) is 0 Å². The lowest BCUT2D eigenvalue weighted by Crippen LogP contribution is -2.40. The quantitative estimate of drug-likeness (QED) is 0.807. The highest BCUT2D eigenvalue weighted by atomic mass is 16.5. The molecule has 6 nitrogen and oxygen atoms in total. The molecule has 0 spiro atoms. The summed E-state index contributed by atoms with van der Waals surface area (Å²) in [6.07, 6.45) is 0.918. The van der Waals surface area contributed by atoms with Crippen LogP contribution in [-0.4, -0.2) is 55.2 Å². The average molecular weight is 371 g/mol. The van der Waals surface area contributed by atoms with E-state index in [0.717, 1.165) is 56.5 Å². The second-order valence-corrected chi connectivity index (χ2v) is 7.04. The summed E-state index contributed by atoms with van der Waals surface area (Å²) in [4.78, 5) is 17.0. The zero-order chi connectivity index (χ0) is 19.1. The third-order valence-corrected chi connectivity index (χ3v) is 4.74. The van der Waals surface area contributed by atoms with Gasteiger partial charge in [-0.05, 0) is 44.5 Å². The number of hydrogen-bond acceptors (Lipinski definition) is 4. The van der Waals surface area contributed by atoms with Crippen molar-refractivity contribution in [1.29, 1.82) is 0 Å². The number of nitrogens with zero attached hydrogens (tertiary/aromatic N) is 2. The fourth-order valence-electron chi connectivity index (χ4n) is 3.16. The number of anilines is 1. The fourth-order valence-corrected chi connectivity index (χ4v) is 3.16. The molecule has 1 N–H and O–H groups in total. The van der Waals surface area contributed by atoms with Gasteiger partial charge >= 0.3 is 6.03 Å². The van der Waals surface area contributed by atoms with E-state index in [1.54, 1.807) is 0 Å². The maximum Gasteiger partial charge on any atom is 0.322 e. The molecule has 0 atom stereocenters. The summed E-state index contributed by atoms with van der Waals surface area (Å²) >= 11 is 0. The summed E-state index contributed by atoms with van der Waals surface area (Å²) in [5, 5.41) is 3.00. The van der Waals surface area contributed by atoms with Gasteiger partial charge in [0.05, 0.1) is 19.8 Å². The van der Waals surface area contributed by atoms with Crippen molar-refractivity contribution in [2.75, 3.05) is 44.7 Å². The molecular weight excluding hydrogens is 342 g/mol. The number of amides is 2. The van der Waals surface area contributed by atoms with Crippen LogP contribution < -0.4 is 5.32 Å². The first-order chi connectivity index (χ1) is 13.1. The molecule has 1 aromatic heterocycles. The molecule has 27 heavy (non-hydrogen) atoms. The molecule has 2 aromatic rings. The number of carbonyl (C=O) groups excluding carboxylic acids is 1. The Morgan fingerprint density at radius 2 is 1.85 bits per heavy atom. The Bertz CT molecular complexity index is 721. The molecule has 1 aromatic carbocycles. The van der Waals surface area contributed by atoms with Crippen molar-refractivity contribution in [2.24, 2.45) is 0 Å². The predicted molar refractivity (Wildman–Crippen MR) is 106 cm³/mol. The number of furan rings is 1. The van der Waals surface area contributed by atoms with Crippen molar-refractivity contribution < 1.29 is 13.9 Å². The van der Waals surface area contributed by atoms with Crippen LogP contribution in [0.25, 0.3) is 0 Å². The number of morpholine rings is 1. The summed E-state index contributed by atoms with van der Waals surface area (Å²) in [6.45, 7) is 9.58. The Hall–Kier alpha value is -2.31. The molecular formula is C21H29N3O3. The minimum atomic E-state index is -0.102. The lowest BCUT2D eigenvalue weighted by atomic mass is 10.2. The van der Waals surface area contributed by atoms with Crippen LogP contribution >= 0.6 is 0 Å². The van der Waals surface area contributed by atoms with Crippen LogP contribution in [0, 0.1) is 13.8 Å². The number of hydrogen-bond donors (Lipinski definition) is 1. The van der Waals surface area contributed by atoms with Gasteiger partial charge in [-0.3, -0.25) is 4.90 Å². The van der Waals surface area contributed by atoms with Crippen LogP contribution in [-0.2, 0) is 11.3 Å². The maximum atomic E-state index is 12.8. The molecule has 3 rings (SSSR count). The minimum absolute atomic E-state index is 0.102. The van der Waals surface area contributed by atoms with Gasteiger partial charge in [-0.2, -0.15) is 0 Å². The summed E-state index contributed by atoms with van der Waals surface area (Å²) in [7, 11) is 0. The Balaban J connectivity index is 1.58. The predicted octanol–water partition coefficient (Wildman–Crippen LogP) is 3.65. The van der Waals surface area contributed by atoms with Gasteiger partial charge in [0.15, 0.2) is 0 Å². The van der Waals surface area contributed by atoms with Crippen molar-refractivity contribution in [3.05, 3.63) is 53.5 Å². The largest absolute Gasteiger partial charge is 0.464 e. The Morgan fingerprint density at radius 3 is 2.52 bits per heavy atom. The number of ether oxygens (including phenoxy) is 1. The second kappa shape index (κ2) is 9.58. The first-order valence-electron chi connectivity index (χ1n) is 9.58. The fraction of sp³-hybridized carbons (Fsp3) is 0.476. The van der Waals surface area contributed by atoms with E-state index in [2.05, 4.69) is 10.2 Å². The van der Waals surface area contributed by atoms with Gasteiger partial charge in [0.2, 0.25) is 0 Å². The molecule has 0 radical (unpaired) electrons. The molecule has 1 aliphatic rings. The maximum absolute atomic E-state index is 12.8. The van der Waals surface area contributed by atoms with E-state index in [9.17, 15) is 4.79 Å². The summed E-state index contributed by atoms with van der Waals surface area (Å²) in [6, 6.07) is 11.6. The molecule has 2 heterocycles. The Kier molecular flexibility index (Phi) is 6.90. The summed E-state index contributed by atoms with van der Waals surface area (Å²) in [5.74, 6) is 1.66. The smallest absolute Gasteiger partial charge is 0.322 e. The molecule has 6 heteroatoms. The number of nitrogens with one attached hydrogen (secondary N) is 1. The van der Waals surface area contributed by atoms with Gasteiger partial charge in [0.25, 0.3) is 0 Å². The van der Waals surface area contributed by atoms with Crippen LogP contribution in [0.5, 0.6) is 0 Å². The minimum Gasteiger partial charge on any atom is -0.464 e. The van der Waals surface area contributed by atoms with Crippen LogP contribution in [0.15, 0.2) is 40.8 Å². The van der Waals surface area contributed by atoms with E-state index in [1.165, 1.54) is 5.56 Å². The van der Waals surface area contributed by atoms with Gasteiger partial charge in [0.1, 0.15) is 11.5 Å². The highest BCUT2D eigenvalue weighted by Crippen LogP contribution is 2.14. The zero-order valence-electron chi connectivity index (χ0n) is 16.2. The Labute approximate surface area is 161 Å². The molecule has 146 valence electrons. The van der Waals surface area contributed by atoms with Gasteiger partial charge in [-0.1, -0.05) is 17.7 Å². The number of benzene rings is 1.